The van der Waals surface area contributed by atoms with E-state index in [0.717, 1.165) is 32.1 Å². The highest BCUT2D eigenvalue weighted by Crippen LogP contribution is 2.55. The normalized spacial score (nSPS) is 20.6. The Hall–Kier alpha value is -5.46. The van der Waals surface area contributed by atoms with Gasteiger partial charge in [-0.3, -0.25) is 0 Å². The molecule has 0 radical (unpaired) electrons. The van der Waals surface area contributed by atoms with Crippen LogP contribution in [0.4, 0.5) is 0 Å². The Balaban J connectivity index is 0.945. The van der Waals surface area contributed by atoms with Crippen LogP contribution in [0, 0.1) is 5.92 Å². The Kier molecular flexibility index (Phi) is 6.83. The monoisotopic (exact) mass is 694 g/mol. The largest absolute Gasteiger partial charge is 0.0804 e. The molecule has 262 valence electrons. The molecule has 0 saturated heterocycles. The molecule has 1 atom stereocenters. The molecule has 0 aliphatic heterocycles. The third-order valence-corrected chi connectivity index (χ3v) is 13.8. The number of fused-ring (bicyclic) bond motifs is 12. The zero-order valence-electron chi connectivity index (χ0n) is 31.9. The van der Waals surface area contributed by atoms with Crippen molar-refractivity contribution in [1.82, 2.24) is 0 Å². The number of allylic oxidation sites excluding steroid dienone is 12. The van der Waals surface area contributed by atoms with E-state index in [2.05, 4.69) is 167 Å². The lowest BCUT2D eigenvalue weighted by Crippen LogP contribution is -2.17. The molecule has 0 saturated carbocycles. The first kappa shape index (κ1) is 32.0. The first-order chi connectivity index (χ1) is 26.3. The minimum Gasteiger partial charge on any atom is -0.0804 e. The van der Waals surface area contributed by atoms with Crippen LogP contribution in [0.3, 0.4) is 0 Å². The molecule has 5 aliphatic carbocycles. The number of rotatable bonds is 3. The van der Waals surface area contributed by atoms with Gasteiger partial charge in [0.05, 0.1) is 0 Å². The summed E-state index contributed by atoms with van der Waals surface area (Å²) in [6.07, 6.45) is 20.6. The molecule has 0 nitrogen and oxygen atoms in total. The fourth-order valence-electron chi connectivity index (χ4n) is 11.1. The van der Waals surface area contributed by atoms with Crippen LogP contribution in [-0.2, 0) is 10.8 Å². The highest BCUT2D eigenvalue weighted by molar-refractivity contribution is 6.27. The van der Waals surface area contributed by atoms with Crippen LogP contribution in [0.25, 0.3) is 54.6 Å². The Morgan fingerprint density at radius 1 is 0.556 bits per heavy atom. The molecule has 0 heteroatoms. The molecule has 54 heavy (non-hydrogen) atoms. The van der Waals surface area contributed by atoms with Crippen LogP contribution in [0.2, 0.25) is 0 Å². The van der Waals surface area contributed by atoms with Crippen LogP contribution in [0.15, 0.2) is 162 Å². The van der Waals surface area contributed by atoms with Crippen molar-refractivity contribution in [3.05, 3.63) is 190 Å². The summed E-state index contributed by atoms with van der Waals surface area (Å²) >= 11 is 0. The van der Waals surface area contributed by atoms with E-state index >= 15 is 0 Å². The predicted octanol–water partition coefficient (Wildman–Crippen LogP) is 14.5. The van der Waals surface area contributed by atoms with E-state index in [1.54, 1.807) is 5.57 Å². The van der Waals surface area contributed by atoms with Gasteiger partial charge in [0.1, 0.15) is 0 Å². The SMILES string of the molecule is CC1(C)C2=C(CC(C3=CCCC(C4=CC(c5ccc6c(c5)-c5ccc7c8ccccc8c8ccccc8c7c5C6(C)C)=CCC4)=C3)C=C2)c2ccccc21. The van der Waals surface area contributed by atoms with Crippen molar-refractivity contribution in [3.63, 3.8) is 0 Å². The zero-order valence-corrected chi connectivity index (χ0v) is 31.9. The first-order valence-electron chi connectivity index (χ1n) is 20.1. The molecule has 6 aromatic rings. The van der Waals surface area contributed by atoms with Gasteiger partial charge in [-0.05, 0) is 143 Å². The standard InChI is InChI=1S/C54H46/c1-53(2)48-22-10-9-20-42(48)46-31-37(23-27-49(46)53)35-15-11-13-33(29-35)34-14-12-16-36(30-34)38-24-28-50-47(32-38)45-26-25-44-41-19-6-5-17-39(41)40-18-7-8-21-43(40)51(44)52(45)54(50,3)4/h5-10,15-30,32,37H,11-14,31H2,1-4H3. The van der Waals surface area contributed by atoms with Gasteiger partial charge >= 0.3 is 0 Å². The summed E-state index contributed by atoms with van der Waals surface area (Å²) in [5.41, 5.74) is 19.0. The third kappa shape index (κ3) is 4.49. The van der Waals surface area contributed by atoms with E-state index in [4.69, 9.17) is 0 Å². The highest BCUT2D eigenvalue weighted by atomic mass is 14.4. The van der Waals surface area contributed by atoms with Crippen LogP contribution < -0.4 is 0 Å². The minimum atomic E-state index is -0.105. The second-order valence-electron chi connectivity index (χ2n) is 17.4. The lowest BCUT2D eigenvalue weighted by molar-refractivity contribution is 0.646. The first-order valence-corrected chi connectivity index (χ1v) is 20.1. The second-order valence-corrected chi connectivity index (χ2v) is 17.4. The van der Waals surface area contributed by atoms with Gasteiger partial charge in [0.25, 0.3) is 0 Å². The number of hydrogen-bond acceptors (Lipinski definition) is 0. The van der Waals surface area contributed by atoms with Crippen molar-refractivity contribution in [2.75, 3.05) is 0 Å². The van der Waals surface area contributed by atoms with Crippen LogP contribution in [0.5, 0.6) is 0 Å². The molecule has 11 rings (SSSR count). The molecule has 0 fully saturated rings. The van der Waals surface area contributed by atoms with Crippen molar-refractivity contribution in [1.29, 1.82) is 0 Å². The lowest BCUT2D eigenvalue weighted by atomic mass is 9.76. The van der Waals surface area contributed by atoms with E-state index in [0.29, 0.717) is 5.92 Å². The molecule has 0 bridgehead atoms. The molecule has 0 spiro atoms. The van der Waals surface area contributed by atoms with Crippen molar-refractivity contribution in [2.45, 2.75) is 70.6 Å². The minimum absolute atomic E-state index is 0.0808. The molecule has 5 aliphatic rings. The summed E-state index contributed by atoms with van der Waals surface area (Å²) in [7, 11) is 0. The molecule has 0 amide bonds. The molecule has 0 aromatic heterocycles. The van der Waals surface area contributed by atoms with Gasteiger partial charge in [-0.25, -0.2) is 0 Å². The van der Waals surface area contributed by atoms with Gasteiger partial charge in [-0.2, -0.15) is 0 Å². The maximum atomic E-state index is 2.56. The van der Waals surface area contributed by atoms with E-state index in [9.17, 15) is 0 Å². The summed E-state index contributed by atoms with van der Waals surface area (Å²) in [4.78, 5) is 0. The smallest absolute Gasteiger partial charge is 0.0165 e. The molecule has 1 unspecified atom stereocenters. The van der Waals surface area contributed by atoms with Crippen molar-refractivity contribution in [3.8, 4) is 11.1 Å². The third-order valence-electron chi connectivity index (χ3n) is 13.8. The predicted molar refractivity (Wildman–Crippen MR) is 231 cm³/mol. The molecule has 6 aromatic carbocycles. The zero-order chi connectivity index (χ0) is 36.3. The molecular weight excluding hydrogens is 649 g/mol. The lowest BCUT2D eigenvalue weighted by Gasteiger charge is -2.28. The van der Waals surface area contributed by atoms with Gasteiger partial charge in [0.2, 0.25) is 0 Å². The van der Waals surface area contributed by atoms with Crippen LogP contribution in [-0.4, -0.2) is 0 Å². The van der Waals surface area contributed by atoms with Crippen LogP contribution >= 0.6 is 0 Å². The summed E-state index contributed by atoms with van der Waals surface area (Å²) in [6.45, 7) is 9.65. The van der Waals surface area contributed by atoms with Crippen LogP contribution in [0.1, 0.15) is 87.6 Å². The number of benzene rings is 6. The van der Waals surface area contributed by atoms with Crippen molar-refractivity contribution < 1.29 is 0 Å². The van der Waals surface area contributed by atoms with Gasteiger partial charge in [-0.1, -0.05) is 161 Å². The fourth-order valence-corrected chi connectivity index (χ4v) is 11.1. The molecule has 0 N–H and O–H groups in total. The summed E-state index contributed by atoms with van der Waals surface area (Å²) in [5.74, 6) is 0.437. The Morgan fingerprint density at radius 2 is 1.20 bits per heavy atom. The Bertz CT molecular complexity index is 2800. The topological polar surface area (TPSA) is 0 Å². The Labute approximate surface area is 319 Å². The fraction of sp³-hybridized carbons (Fsp3) is 0.222. The quantitative estimate of drug-likeness (QED) is 0.162. The average molecular weight is 695 g/mol. The van der Waals surface area contributed by atoms with E-state index in [1.165, 1.54) is 99.1 Å². The maximum absolute atomic E-state index is 2.56. The van der Waals surface area contributed by atoms with Gasteiger partial charge in [-0.15, -0.1) is 0 Å². The molecular formula is C54H46. The van der Waals surface area contributed by atoms with E-state index < -0.39 is 0 Å². The average Bonchev–Trinajstić information content (AvgIpc) is 3.59. The summed E-state index contributed by atoms with van der Waals surface area (Å²) in [5, 5.41) is 8.16. The highest BCUT2D eigenvalue weighted by Gasteiger charge is 2.39. The molecule has 0 heterocycles. The second kappa shape index (κ2) is 11.5. The van der Waals surface area contributed by atoms with Gasteiger partial charge in [0, 0.05) is 16.7 Å². The maximum Gasteiger partial charge on any atom is 0.0165 e. The van der Waals surface area contributed by atoms with E-state index in [1.807, 2.05) is 0 Å². The van der Waals surface area contributed by atoms with E-state index in [-0.39, 0.29) is 10.8 Å². The Morgan fingerprint density at radius 3 is 2.00 bits per heavy atom. The van der Waals surface area contributed by atoms with Crippen molar-refractivity contribution in [2.24, 2.45) is 5.92 Å². The van der Waals surface area contributed by atoms with Gasteiger partial charge in [0.15, 0.2) is 0 Å². The van der Waals surface area contributed by atoms with Gasteiger partial charge < -0.3 is 0 Å². The summed E-state index contributed by atoms with van der Waals surface area (Å²) in [6, 6.07) is 39.2. The van der Waals surface area contributed by atoms with Crippen molar-refractivity contribution >= 4 is 43.5 Å². The summed E-state index contributed by atoms with van der Waals surface area (Å²) < 4.78 is 0. The number of hydrogen-bond donors (Lipinski definition) is 0.